The van der Waals surface area contributed by atoms with E-state index in [1.54, 1.807) is 17.2 Å². The van der Waals surface area contributed by atoms with Gasteiger partial charge in [-0.15, -0.1) is 5.10 Å². The zero-order valence-corrected chi connectivity index (χ0v) is 15.5. The summed E-state index contributed by atoms with van der Waals surface area (Å²) in [6.07, 6.45) is 5.41. The Hall–Kier alpha value is -3.74. The molecule has 7 heteroatoms. The van der Waals surface area contributed by atoms with Gasteiger partial charge >= 0.3 is 0 Å². The van der Waals surface area contributed by atoms with Gasteiger partial charge in [0.15, 0.2) is 5.69 Å². The second-order valence-corrected chi connectivity index (χ2v) is 6.56. The highest BCUT2D eigenvalue weighted by Gasteiger charge is 2.17. The quantitative estimate of drug-likeness (QED) is 0.564. The van der Waals surface area contributed by atoms with Crippen molar-refractivity contribution in [2.45, 2.75) is 20.0 Å². The fraction of sp³-hybridized carbons (Fsp3) is 0.143. The van der Waals surface area contributed by atoms with Gasteiger partial charge in [0.1, 0.15) is 0 Å². The molecule has 0 unspecified atom stereocenters. The molecular formula is C21H20N6O. The molecule has 0 aliphatic rings. The van der Waals surface area contributed by atoms with Crippen LogP contribution in [-0.4, -0.2) is 30.5 Å². The molecule has 7 nitrogen and oxygen atoms in total. The highest BCUT2D eigenvalue weighted by molar-refractivity contribution is 6.03. The van der Waals surface area contributed by atoms with Crippen molar-refractivity contribution in [3.05, 3.63) is 95.8 Å². The maximum Gasteiger partial charge on any atom is 0.278 e. The summed E-state index contributed by atoms with van der Waals surface area (Å²) in [5.41, 5.74) is 3.96. The Morgan fingerprint density at radius 3 is 2.64 bits per heavy atom. The van der Waals surface area contributed by atoms with Crippen LogP contribution in [0.3, 0.4) is 0 Å². The van der Waals surface area contributed by atoms with Crippen molar-refractivity contribution in [2.75, 3.05) is 5.32 Å². The minimum atomic E-state index is -0.267. The fourth-order valence-electron chi connectivity index (χ4n) is 3.01. The van der Waals surface area contributed by atoms with Crippen LogP contribution in [0.2, 0.25) is 0 Å². The van der Waals surface area contributed by atoms with Gasteiger partial charge in [-0.2, -0.15) is 0 Å². The third kappa shape index (κ3) is 3.98. The summed E-state index contributed by atoms with van der Waals surface area (Å²) in [5, 5.41) is 11.1. The van der Waals surface area contributed by atoms with Crippen LogP contribution in [0.1, 0.15) is 27.3 Å². The third-order valence-corrected chi connectivity index (χ3v) is 4.48. The summed E-state index contributed by atoms with van der Waals surface area (Å²) in [4.78, 5) is 16.7. The second-order valence-electron chi connectivity index (χ2n) is 6.56. The van der Waals surface area contributed by atoms with Crippen LogP contribution in [0.15, 0.2) is 73.3 Å². The van der Waals surface area contributed by atoms with Gasteiger partial charge in [0, 0.05) is 24.6 Å². The molecule has 4 aromatic rings. The number of imidazole rings is 1. The third-order valence-electron chi connectivity index (χ3n) is 4.48. The monoisotopic (exact) mass is 372 g/mol. The van der Waals surface area contributed by atoms with Gasteiger partial charge in [-0.3, -0.25) is 4.79 Å². The number of rotatable bonds is 6. The lowest BCUT2D eigenvalue weighted by atomic mass is 10.2. The van der Waals surface area contributed by atoms with E-state index in [0.717, 1.165) is 22.5 Å². The van der Waals surface area contributed by atoms with Gasteiger partial charge in [-0.1, -0.05) is 47.7 Å². The SMILES string of the molecule is Cc1c(C(=O)Nc2cccc(Cn3ccnc3)c2)nnn1Cc1ccccc1. The number of benzene rings is 2. The Morgan fingerprint density at radius 1 is 1.04 bits per heavy atom. The van der Waals surface area contributed by atoms with Crippen LogP contribution in [0.25, 0.3) is 0 Å². The average molecular weight is 372 g/mol. The minimum absolute atomic E-state index is 0.267. The number of hydrogen-bond acceptors (Lipinski definition) is 4. The number of nitrogens with one attached hydrogen (secondary N) is 1. The van der Waals surface area contributed by atoms with Crippen LogP contribution in [0.4, 0.5) is 5.69 Å². The topological polar surface area (TPSA) is 77.6 Å². The van der Waals surface area contributed by atoms with Gasteiger partial charge < -0.3 is 9.88 Å². The molecule has 0 saturated carbocycles. The summed E-state index contributed by atoms with van der Waals surface area (Å²) in [6.45, 7) is 3.12. The first-order chi connectivity index (χ1) is 13.7. The maximum absolute atomic E-state index is 12.7. The Balaban J connectivity index is 1.47. The van der Waals surface area contributed by atoms with Crippen LogP contribution in [-0.2, 0) is 13.1 Å². The van der Waals surface area contributed by atoms with Gasteiger partial charge in [-0.05, 0) is 30.2 Å². The number of aromatic nitrogens is 5. The standard InChI is InChI=1S/C21H20N6O/c1-16-20(24-25-27(16)14-17-6-3-2-4-7-17)21(28)23-19-9-5-8-18(12-19)13-26-11-10-22-15-26/h2-12,15H,13-14H2,1H3,(H,23,28). The molecular weight excluding hydrogens is 352 g/mol. The van der Waals surface area contributed by atoms with E-state index >= 15 is 0 Å². The molecule has 4 rings (SSSR count). The predicted molar refractivity (Wildman–Crippen MR) is 106 cm³/mol. The molecule has 0 atom stereocenters. The molecule has 2 heterocycles. The van der Waals surface area contributed by atoms with Crippen LogP contribution in [0, 0.1) is 6.92 Å². The van der Waals surface area contributed by atoms with E-state index in [1.165, 1.54) is 0 Å². The van der Waals surface area contributed by atoms with Crippen molar-refractivity contribution in [1.82, 2.24) is 24.5 Å². The summed E-state index contributed by atoms with van der Waals surface area (Å²) in [6, 6.07) is 17.7. The highest BCUT2D eigenvalue weighted by atomic mass is 16.2. The van der Waals surface area contributed by atoms with Gasteiger partial charge in [-0.25, -0.2) is 9.67 Å². The maximum atomic E-state index is 12.7. The van der Waals surface area contributed by atoms with Gasteiger partial charge in [0.05, 0.1) is 18.6 Å². The molecule has 0 saturated heterocycles. The van der Waals surface area contributed by atoms with E-state index in [9.17, 15) is 4.79 Å². The largest absolute Gasteiger partial charge is 0.333 e. The Kier molecular flexibility index (Phi) is 4.97. The van der Waals surface area contributed by atoms with E-state index in [0.29, 0.717) is 18.8 Å². The van der Waals surface area contributed by atoms with E-state index in [4.69, 9.17) is 0 Å². The summed E-state index contributed by atoms with van der Waals surface area (Å²) >= 11 is 0. The molecule has 2 aromatic carbocycles. The van der Waals surface area contributed by atoms with Crippen molar-refractivity contribution in [1.29, 1.82) is 0 Å². The molecule has 140 valence electrons. The molecule has 0 aliphatic heterocycles. The fourth-order valence-corrected chi connectivity index (χ4v) is 3.01. The normalized spacial score (nSPS) is 10.8. The van der Waals surface area contributed by atoms with Crippen molar-refractivity contribution < 1.29 is 4.79 Å². The molecule has 0 aliphatic carbocycles. The zero-order chi connectivity index (χ0) is 19.3. The summed E-state index contributed by atoms with van der Waals surface area (Å²) in [7, 11) is 0. The molecule has 0 radical (unpaired) electrons. The van der Waals surface area contributed by atoms with Crippen LogP contribution >= 0.6 is 0 Å². The van der Waals surface area contributed by atoms with E-state index in [2.05, 4.69) is 20.6 Å². The molecule has 0 spiro atoms. The molecule has 28 heavy (non-hydrogen) atoms. The van der Waals surface area contributed by atoms with Crippen LogP contribution < -0.4 is 5.32 Å². The summed E-state index contributed by atoms with van der Waals surface area (Å²) < 4.78 is 3.71. The van der Waals surface area contributed by atoms with Gasteiger partial charge in [0.25, 0.3) is 5.91 Å². The van der Waals surface area contributed by atoms with Crippen LogP contribution in [0.5, 0.6) is 0 Å². The first-order valence-electron chi connectivity index (χ1n) is 8.99. The lowest BCUT2D eigenvalue weighted by Crippen LogP contribution is -2.14. The Labute approximate surface area is 162 Å². The lowest BCUT2D eigenvalue weighted by molar-refractivity contribution is 0.102. The molecule has 2 aromatic heterocycles. The van der Waals surface area contributed by atoms with Crippen molar-refractivity contribution in [2.24, 2.45) is 0 Å². The van der Waals surface area contributed by atoms with Crippen molar-refractivity contribution >= 4 is 11.6 Å². The van der Waals surface area contributed by atoms with E-state index in [-0.39, 0.29) is 5.91 Å². The first kappa shape index (κ1) is 17.7. The predicted octanol–water partition coefficient (Wildman–Crippen LogP) is 3.13. The number of anilines is 1. The number of hydrogen-bond donors (Lipinski definition) is 1. The number of nitrogens with zero attached hydrogens (tertiary/aromatic N) is 5. The van der Waals surface area contributed by atoms with Crippen molar-refractivity contribution in [3.63, 3.8) is 0 Å². The number of carbonyl (C=O) groups excluding carboxylic acids is 1. The highest BCUT2D eigenvalue weighted by Crippen LogP contribution is 2.15. The molecule has 1 amide bonds. The average Bonchev–Trinajstić information content (AvgIpc) is 3.33. The smallest absolute Gasteiger partial charge is 0.278 e. The molecule has 0 fully saturated rings. The van der Waals surface area contributed by atoms with E-state index < -0.39 is 0 Å². The first-order valence-corrected chi connectivity index (χ1v) is 8.99. The Bertz CT molecular complexity index is 1070. The number of carbonyl (C=O) groups is 1. The number of amides is 1. The van der Waals surface area contributed by atoms with E-state index in [1.807, 2.05) is 72.3 Å². The molecule has 0 bridgehead atoms. The van der Waals surface area contributed by atoms with Gasteiger partial charge in [0.2, 0.25) is 0 Å². The lowest BCUT2D eigenvalue weighted by Gasteiger charge is -2.08. The Morgan fingerprint density at radius 2 is 1.86 bits per heavy atom. The van der Waals surface area contributed by atoms with Crippen molar-refractivity contribution in [3.8, 4) is 0 Å². The molecule has 1 N–H and O–H groups in total. The zero-order valence-electron chi connectivity index (χ0n) is 15.5. The minimum Gasteiger partial charge on any atom is -0.333 e. The second kappa shape index (κ2) is 7.87. The summed E-state index contributed by atoms with van der Waals surface area (Å²) in [5.74, 6) is -0.267.